The van der Waals surface area contributed by atoms with E-state index in [0.717, 1.165) is 22.6 Å². The second-order valence-electron chi connectivity index (χ2n) is 5.28. The Bertz CT molecular complexity index is 655. The van der Waals surface area contributed by atoms with E-state index in [-0.39, 0.29) is 5.91 Å². The molecule has 22 heavy (non-hydrogen) atoms. The Morgan fingerprint density at radius 2 is 2.00 bits per heavy atom. The third kappa shape index (κ3) is 5.08. The predicted molar refractivity (Wildman–Crippen MR) is 90.7 cm³/mol. The van der Waals surface area contributed by atoms with Crippen LogP contribution >= 0.6 is 11.6 Å². The standard InChI is InChI=1S/C18H20ClNO2/c1-13-5-3-6-16(11-13)22-10-4-7-18(21)20-17-12-15(19)9-8-14(17)2/h3,5-6,8-9,11-12H,4,7,10H2,1-2H3,(H,20,21). The average molecular weight is 318 g/mol. The number of nitrogens with one attached hydrogen (secondary N) is 1. The first-order valence-corrected chi connectivity index (χ1v) is 7.68. The van der Waals surface area contributed by atoms with Crippen LogP contribution in [0, 0.1) is 13.8 Å². The fourth-order valence-electron chi connectivity index (χ4n) is 2.07. The molecule has 2 aromatic rings. The molecule has 116 valence electrons. The molecule has 0 aliphatic heterocycles. The van der Waals surface area contributed by atoms with Gasteiger partial charge in [0.2, 0.25) is 5.91 Å². The van der Waals surface area contributed by atoms with Gasteiger partial charge in [-0.05, 0) is 55.7 Å². The molecule has 0 bridgehead atoms. The molecule has 0 atom stereocenters. The van der Waals surface area contributed by atoms with E-state index in [1.54, 1.807) is 6.07 Å². The Labute approximate surface area is 136 Å². The van der Waals surface area contributed by atoms with Crippen molar-refractivity contribution in [3.63, 3.8) is 0 Å². The van der Waals surface area contributed by atoms with Crippen molar-refractivity contribution in [2.24, 2.45) is 0 Å². The summed E-state index contributed by atoms with van der Waals surface area (Å²) in [7, 11) is 0. The zero-order valence-corrected chi connectivity index (χ0v) is 13.6. The fraction of sp³-hybridized carbons (Fsp3) is 0.278. The molecule has 0 unspecified atom stereocenters. The van der Waals surface area contributed by atoms with E-state index in [1.165, 1.54) is 0 Å². The van der Waals surface area contributed by atoms with Crippen molar-refractivity contribution in [1.82, 2.24) is 0 Å². The van der Waals surface area contributed by atoms with Crippen LogP contribution < -0.4 is 10.1 Å². The Kier molecular flexibility index (Phi) is 5.84. The highest BCUT2D eigenvalue weighted by molar-refractivity contribution is 6.31. The number of amides is 1. The molecule has 0 saturated carbocycles. The number of carbonyl (C=O) groups excluding carboxylic acids is 1. The number of hydrogen-bond donors (Lipinski definition) is 1. The average Bonchev–Trinajstić information content (AvgIpc) is 2.48. The van der Waals surface area contributed by atoms with Crippen molar-refractivity contribution in [1.29, 1.82) is 0 Å². The number of rotatable bonds is 6. The molecule has 3 nitrogen and oxygen atoms in total. The molecule has 0 spiro atoms. The second-order valence-corrected chi connectivity index (χ2v) is 5.71. The lowest BCUT2D eigenvalue weighted by molar-refractivity contribution is -0.116. The fourth-order valence-corrected chi connectivity index (χ4v) is 2.24. The molecular formula is C18H20ClNO2. The van der Waals surface area contributed by atoms with Gasteiger partial charge in [0.1, 0.15) is 5.75 Å². The molecule has 0 aliphatic rings. The summed E-state index contributed by atoms with van der Waals surface area (Å²) in [6.45, 7) is 4.48. The Morgan fingerprint density at radius 1 is 1.18 bits per heavy atom. The van der Waals surface area contributed by atoms with Gasteiger partial charge in [-0.2, -0.15) is 0 Å². The van der Waals surface area contributed by atoms with Crippen molar-refractivity contribution in [3.05, 3.63) is 58.6 Å². The zero-order chi connectivity index (χ0) is 15.9. The maximum Gasteiger partial charge on any atom is 0.224 e. The SMILES string of the molecule is Cc1cccc(OCCCC(=O)Nc2cc(Cl)ccc2C)c1. The van der Waals surface area contributed by atoms with Gasteiger partial charge in [0.25, 0.3) is 0 Å². The lowest BCUT2D eigenvalue weighted by atomic mass is 10.2. The summed E-state index contributed by atoms with van der Waals surface area (Å²) >= 11 is 5.94. The minimum absolute atomic E-state index is 0.0294. The van der Waals surface area contributed by atoms with E-state index >= 15 is 0 Å². The molecule has 2 rings (SSSR count). The molecule has 1 amide bonds. The van der Waals surface area contributed by atoms with Crippen LogP contribution in [0.5, 0.6) is 5.75 Å². The van der Waals surface area contributed by atoms with E-state index in [4.69, 9.17) is 16.3 Å². The van der Waals surface area contributed by atoms with Crippen LogP contribution in [-0.4, -0.2) is 12.5 Å². The summed E-state index contributed by atoms with van der Waals surface area (Å²) in [5.74, 6) is 0.810. The van der Waals surface area contributed by atoms with Gasteiger partial charge < -0.3 is 10.1 Å². The van der Waals surface area contributed by atoms with Gasteiger partial charge in [-0.3, -0.25) is 4.79 Å². The summed E-state index contributed by atoms with van der Waals surface area (Å²) in [6.07, 6.45) is 1.08. The van der Waals surface area contributed by atoms with Crippen molar-refractivity contribution < 1.29 is 9.53 Å². The molecule has 0 aromatic heterocycles. The number of carbonyl (C=O) groups is 1. The van der Waals surface area contributed by atoms with Crippen molar-refractivity contribution in [2.45, 2.75) is 26.7 Å². The number of aryl methyl sites for hydroxylation is 2. The van der Waals surface area contributed by atoms with Gasteiger partial charge in [0.05, 0.1) is 6.61 Å². The number of halogens is 1. The molecule has 1 N–H and O–H groups in total. The highest BCUT2D eigenvalue weighted by Crippen LogP contribution is 2.20. The van der Waals surface area contributed by atoms with Crippen LogP contribution in [0.15, 0.2) is 42.5 Å². The topological polar surface area (TPSA) is 38.3 Å². The number of ether oxygens (including phenoxy) is 1. The highest BCUT2D eigenvalue weighted by Gasteiger charge is 2.05. The Hall–Kier alpha value is -2.00. The molecule has 0 fully saturated rings. The number of benzene rings is 2. The lowest BCUT2D eigenvalue weighted by Crippen LogP contribution is -2.13. The maximum absolute atomic E-state index is 11.9. The minimum Gasteiger partial charge on any atom is -0.494 e. The summed E-state index contributed by atoms with van der Waals surface area (Å²) < 4.78 is 5.63. The van der Waals surface area contributed by atoms with Crippen LogP contribution in [-0.2, 0) is 4.79 Å². The Morgan fingerprint density at radius 3 is 2.77 bits per heavy atom. The Balaban J connectivity index is 1.75. The van der Waals surface area contributed by atoms with Crippen LogP contribution in [0.2, 0.25) is 5.02 Å². The molecule has 2 aromatic carbocycles. The number of anilines is 1. The molecule has 0 radical (unpaired) electrons. The summed E-state index contributed by atoms with van der Waals surface area (Å²) in [5.41, 5.74) is 2.91. The van der Waals surface area contributed by atoms with Gasteiger partial charge in [-0.25, -0.2) is 0 Å². The van der Waals surface area contributed by atoms with Crippen LogP contribution in [0.3, 0.4) is 0 Å². The number of hydrogen-bond acceptors (Lipinski definition) is 2. The summed E-state index contributed by atoms with van der Waals surface area (Å²) in [5, 5.41) is 3.49. The van der Waals surface area contributed by atoms with Crippen molar-refractivity contribution in [3.8, 4) is 5.75 Å². The first kappa shape index (κ1) is 16.4. The second kappa shape index (κ2) is 7.85. The molecule has 0 saturated heterocycles. The largest absolute Gasteiger partial charge is 0.494 e. The lowest BCUT2D eigenvalue weighted by Gasteiger charge is -2.09. The summed E-state index contributed by atoms with van der Waals surface area (Å²) in [6, 6.07) is 13.3. The predicted octanol–water partition coefficient (Wildman–Crippen LogP) is 4.75. The van der Waals surface area contributed by atoms with Gasteiger partial charge >= 0.3 is 0 Å². The van der Waals surface area contributed by atoms with E-state index in [0.29, 0.717) is 24.5 Å². The summed E-state index contributed by atoms with van der Waals surface area (Å²) in [4.78, 5) is 11.9. The van der Waals surface area contributed by atoms with Crippen LogP contribution in [0.1, 0.15) is 24.0 Å². The van der Waals surface area contributed by atoms with Gasteiger partial charge in [0, 0.05) is 17.1 Å². The van der Waals surface area contributed by atoms with Gasteiger partial charge in [-0.15, -0.1) is 0 Å². The van der Waals surface area contributed by atoms with E-state index in [1.807, 2.05) is 50.2 Å². The normalized spacial score (nSPS) is 10.3. The third-order valence-corrected chi connectivity index (χ3v) is 3.52. The molecule has 0 aliphatic carbocycles. The first-order chi connectivity index (χ1) is 10.5. The smallest absolute Gasteiger partial charge is 0.224 e. The quantitative estimate of drug-likeness (QED) is 0.780. The monoisotopic (exact) mass is 317 g/mol. The van der Waals surface area contributed by atoms with Crippen molar-refractivity contribution >= 4 is 23.2 Å². The van der Waals surface area contributed by atoms with E-state index < -0.39 is 0 Å². The van der Waals surface area contributed by atoms with Crippen molar-refractivity contribution in [2.75, 3.05) is 11.9 Å². The van der Waals surface area contributed by atoms with Crippen LogP contribution in [0.4, 0.5) is 5.69 Å². The molecule has 4 heteroatoms. The third-order valence-electron chi connectivity index (χ3n) is 3.28. The van der Waals surface area contributed by atoms with Crippen LogP contribution in [0.25, 0.3) is 0 Å². The van der Waals surface area contributed by atoms with Gasteiger partial charge in [-0.1, -0.05) is 29.8 Å². The van der Waals surface area contributed by atoms with Gasteiger partial charge in [0.15, 0.2) is 0 Å². The molecular weight excluding hydrogens is 298 g/mol. The minimum atomic E-state index is -0.0294. The zero-order valence-electron chi connectivity index (χ0n) is 12.9. The maximum atomic E-state index is 11.9. The molecule has 0 heterocycles. The van der Waals surface area contributed by atoms with E-state index in [2.05, 4.69) is 5.32 Å². The van der Waals surface area contributed by atoms with E-state index in [9.17, 15) is 4.79 Å². The highest BCUT2D eigenvalue weighted by atomic mass is 35.5. The first-order valence-electron chi connectivity index (χ1n) is 7.30.